The number of nitrogens with zero attached hydrogens (tertiary/aromatic N) is 1. The molecule has 1 amide bonds. The molecule has 0 radical (unpaired) electrons. The Labute approximate surface area is 133 Å². The zero-order valence-corrected chi connectivity index (χ0v) is 13.8. The molecule has 0 unspecified atom stereocenters. The number of pyridine rings is 1. The highest BCUT2D eigenvalue weighted by Crippen LogP contribution is 2.27. The molecule has 0 atom stereocenters. The van der Waals surface area contributed by atoms with E-state index in [1.807, 2.05) is 0 Å². The molecule has 7 heteroatoms. The highest BCUT2D eigenvalue weighted by Gasteiger charge is 2.24. The highest BCUT2D eigenvalue weighted by molar-refractivity contribution is 6.35. The van der Waals surface area contributed by atoms with Crippen LogP contribution in [0.15, 0.2) is 6.26 Å². The summed E-state index contributed by atoms with van der Waals surface area (Å²) in [6.07, 6.45) is 2.58. The zero-order valence-electron chi connectivity index (χ0n) is 12.3. The van der Waals surface area contributed by atoms with Gasteiger partial charge in [-0.3, -0.25) is 4.79 Å². The fraction of sp³-hybridized carbons (Fsp3) is 0.429. The molecule has 1 heterocycles. The van der Waals surface area contributed by atoms with Gasteiger partial charge >= 0.3 is 0 Å². The maximum absolute atomic E-state index is 14.1. The van der Waals surface area contributed by atoms with E-state index < -0.39 is 22.4 Å². The van der Waals surface area contributed by atoms with Gasteiger partial charge in [-0.15, -0.1) is 0 Å². The Balaban J connectivity index is 3.35. The summed E-state index contributed by atoms with van der Waals surface area (Å²) in [6, 6.07) is 0. The molecule has 0 aromatic carbocycles. The standard InChI is InChI=1S/C14H17Cl2FN2O2/c1-5-21-7-6-8-9(13(20)19-14(2,3)4)11(15)18-12(16)10(8)17/h6-7H,5H2,1-4H3,(H,19,20). The summed E-state index contributed by atoms with van der Waals surface area (Å²) in [5.74, 6) is -1.36. The van der Waals surface area contributed by atoms with Crippen LogP contribution in [0.25, 0.3) is 6.08 Å². The molecule has 0 spiro atoms. The van der Waals surface area contributed by atoms with Crippen LogP contribution in [-0.4, -0.2) is 23.0 Å². The number of aromatic nitrogens is 1. The SMILES string of the molecule is CCOC=Cc1c(F)c(Cl)nc(Cl)c1C(=O)NC(C)(C)C. The molecule has 0 aliphatic carbocycles. The van der Waals surface area contributed by atoms with Crippen molar-refractivity contribution < 1.29 is 13.9 Å². The maximum atomic E-state index is 14.1. The summed E-state index contributed by atoms with van der Waals surface area (Å²) >= 11 is 11.6. The summed E-state index contributed by atoms with van der Waals surface area (Å²) in [7, 11) is 0. The molecular formula is C14H17Cl2FN2O2. The monoisotopic (exact) mass is 334 g/mol. The van der Waals surface area contributed by atoms with Crippen LogP contribution in [0.5, 0.6) is 0 Å². The van der Waals surface area contributed by atoms with Crippen LogP contribution in [-0.2, 0) is 4.74 Å². The number of rotatable bonds is 4. The number of carbonyl (C=O) groups excluding carboxylic acids is 1. The quantitative estimate of drug-likeness (QED) is 0.667. The Bertz CT molecular complexity index is 569. The molecule has 0 saturated heterocycles. The number of carbonyl (C=O) groups is 1. The molecule has 0 saturated carbocycles. The normalized spacial score (nSPS) is 11.8. The molecule has 1 aromatic heterocycles. The van der Waals surface area contributed by atoms with Crippen molar-refractivity contribution >= 4 is 35.2 Å². The maximum Gasteiger partial charge on any atom is 0.255 e. The Morgan fingerprint density at radius 2 is 2.00 bits per heavy atom. The average molecular weight is 335 g/mol. The Morgan fingerprint density at radius 3 is 2.52 bits per heavy atom. The second-order valence-corrected chi connectivity index (χ2v) is 5.97. The van der Waals surface area contributed by atoms with Crippen molar-refractivity contribution in [2.75, 3.05) is 6.61 Å². The molecule has 0 aliphatic rings. The first-order chi connectivity index (χ1) is 9.67. The van der Waals surface area contributed by atoms with Crippen molar-refractivity contribution in [2.24, 2.45) is 0 Å². The summed E-state index contributed by atoms with van der Waals surface area (Å²) in [6.45, 7) is 7.59. The number of amides is 1. The molecule has 0 aliphatic heterocycles. The number of hydrogen-bond donors (Lipinski definition) is 1. The zero-order chi connectivity index (χ0) is 16.2. The van der Waals surface area contributed by atoms with Gasteiger partial charge in [-0.2, -0.15) is 0 Å². The fourth-order valence-electron chi connectivity index (χ4n) is 1.51. The number of ether oxygens (including phenoxy) is 1. The largest absolute Gasteiger partial charge is 0.501 e. The van der Waals surface area contributed by atoms with Gasteiger partial charge in [0, 0.05) is 11.1 Å². The molecule has 0 fully saturated rings. The predicted molar refractivity (Wildman–Crippen MR) is 82.1 cm³/mol. The van der Waals surface area contributed by atoms with Gasteiger partial charge in [0.25, 0.3) is 5.91 Å². The summed E-state index contributed by atoms with van der Waals surface area (Å²) < 4.78 is 19.1. The lowest BCUT2D eigenvalue weighted by Crippen LogP contribution is -2.41. The van der Waals surface area contributed by atoms with E-state index in [-0.39, 0.29) is 16.3 Å². The smallest absolute Gasteiger partial charge is 0.255 e. The molecular weight excluding hydrogens is 318 g/mol. The Hall–Kier alpha value is -1.33. The third-order valence-corrected chi connectivity index (χ3v) is 2.83. The molecule has 0 bridgehead atoms. The lowest BCUT2D eigenvalue weighted by Gasteiger charge is -2.21. The van der Waals surface area contributed by atoms with E-state index in [1.165, 1.54) is 12.3 Å². The highest BCUT2D eigenvalue weighted by atomic mass is 35.5. The second-order valence-electron chi connectivity index (χ2n) is 5.26. The molecule has 116 valence electrons. The van der Waals surface area contributed by atoms with Crippen LogP contribution >= 0.6 is 23.2 Å². The van der Waals surface area contributed by atoms with E-state index in [0.717, 1.165) is 0 Å². The predicted octanol–water partition coefficient (Wildman–Crippen LogP) is 4.06. The Morgan fingerprint density at radius 1 is 1.38 bits per heavy atom. The van der Waals surface area contributed by atoms with Crippen molar-refractivity contribution in [2.45, 2.75) is 33.2 Å². The molecule has 1 N–H and O–H groups in total. The van der Waals surface area contributed by atoms with Gasteiger partial charge < -0.3 is 10.1 Å². The van der Waals surface area contributed by atoms with Crippen LogP contribution in [0.4, 0.5) is 4.39 Å². The van der Waals surface area contributed by atoms with E-state index in [4.69, 9.17) is 27.9 Å². The van der Waals surface area contributed by atoms with Crippen molar-refractivity contribution in [3.63, 3.8) is 0 Å². The van der Waals surface area contributed by atoms with E-state index in [9.17, 15) is 9.18 Å². The first-order valence-electron chi connectivity index (χ1n) is 6.32. The van der Waals surface area contributed by atoms with Crippen LogP contribution in [0.2, 0.25) is 10.3 Å². The second kappa shape index (κ2) is 7.09. The van der Waals surface area contributed by atoms with Crippen molar-refractivity contribution in [1.29, 1.82) is 0 Å². The third kappa shape index (κ3) is 4.86. The van der Waals surface area contributed by atoms with Crippen LogP contribution < -0.4 is 5.32 Å². The van der Waals surface area contributed by atoms with Gasteiger partial charge in [0.2, 0.25) is 0 Å². The van der Waals surface area contributed by atoms with Gasteiger partial charge in [-0.25, -0.2) is 9.37 Å². The Kier molecular flexibility index (Phi) is 5.98. The van der Waals surface area contributed by atoms with Crippen LogP contribution in [0.3, 0.4) is 0 Å². The van der Waals surface area contributed by atoms with E-state index >= 15 is 0 Å². The first kappa shape index (κ1) is 17.7. The van der Waals surface area contributed by atoms with Gasteiger partial charge in [0.15, 0.2) is 11.0 Å². The topological polar surface area (TPSA) is 51.2 Å². The van der Waals surface area contributed by atoms with Gasteiger partial charge in [0.1, 0.15) is 5.15 Å². The number of hydrogen-bond acceptors (Lipinski definition) is 3. The number of halogens is 3. The van der Waals surface area contributed by atoms with Gasteiger partial charge in [-0.1, -0.05) is 23.2 Å². The van der Waals surface area contributed by atoms with E-state index in [2.05, 4.69) is 10.3 Å². The van der Waals surface area contributed by atoms with E-state index in [0.29, 0.717) is 6.61 Å². The van der Waals surface area contributed by atoms with Crippen molar-refractivity contribution in [3.8, 4) is 0 Å². The van der Waals surface area contributed by atoms with Gasteiger partial charge in [-0.05, 0) is 33.8 Å². The minimum absolute atomic E-state index is 0.0600. The van der Waals surface area contributed by atoms with E-state index in [1.54, 1.807) is 27.7 Å². The van der Waals surface area contributed by atoms with Gasteiger partial charge in [0.05, 0.1) is 18.4 Å². The summed E-state index contributed by atoms with van der Waals surface area (Å²) in [5, 5.41) is 2.14. The average Bonchev–Trinajstić information content (AvgIpc) is 2.33. The first-order valence-corrected chi connectivity index (χ1v) is 7.08. The van der Waals surface area contributed by atoms with Crippen molar-refractivity contribution in [1.82, 2.24) is 10.3 Å². The minimum atomic E-state index is -0.823. The van der Waals surface area contributed by atoms with Crippen molar-refractivity contribution in [3.05, 3.63) is 33.5 Å². The molecule has 4 nitrogen and oxygen atoms in total. The number of nitrogens with one attached hydrogen (secondary N) is 1. The third-order valence-electron chi connectivity index (χ3n) is 2.30. The van der Waals surface area contributed by atoms with Crippen LogP contribution in [0.1, 0.15) is 43.6 Å². The lowest BCUT2D eigenvalue weighted by atomic mass is 10.1. The summed E-state index contributed by atoms with van der Waals surface area (Å²) in [4.78, 5) is 15.9. The van der Waals surface area contributed by atoms with Crippen LogP contribution in [0, 0.1) is 5.82 Å². The fourth-order valence-corrected chi connectivity index (χ4v) is 2.01. The summed E-state index contributed by atoms with van der Waals surface area (Å²) in [5.41, 5.74) is -0.642. The molecule has 21 heavy (non-hydrogen) atoms. The minimum Gasteiger partial charge on any atom is -0.501 e. The lowest BCUT2D eigenvalue weighted by molar-refractivity contribution is 0.0918. The molecule has 1 rings (SSSR count). The molecule has 1 aromatic rings.